The first-order valence-electron chi connectivity index (χ1n) is 13.8. The predicted molar refractivity (Wildman–Crippen MR) is 143 cm³/mol. The summed E-state index contributed by atoms with van der Waals surface area (Å²) in [4.78, 5) is 38.4. The zero-order chi connectivity index (χ0) is 29.6. The largest absolute Gasteiger partial charge is 0.417 e. The summed E-state index contributed by atoms with van der Waals surface area (Å²) in [6.07, 6.45) is 2.45. The number of alkyl halides is 3. The van der Waals surface area contributed by atoms with Crippen LogP contribution in [-0.4, -0.2) is 37.5 Å². The molecule has 2 fully saturated rings. The lowest BCUT2D eigenvalue weighted by Gasteiger charge is -2.38. The van der Waals surface area contributed by atoms with Gasteiger partial charge in [0, 0.05) is 12.4 Å². The van der Waals surface area contributed by atoms with Crippen molar-refractivity contribution in [1.82, 2.24) is 25.1 Å². The van der Waals surface area contributed by atoms with Gasteiger partial charge in [-0.3, -0.25) is 29.9 Å². The average Bonchev–Trinajstić information content (AvgIpc) is 3.52. The molecule has 12 heteroatoms. The van der Waals surface area contributed by atoms with Gasteiger partial charge in [-0.15, -0.1) is 0 Å². The molecule has 2 aliphatic heterocycles. The number of nitrogens with one attached hydrogen (secondary N) is 2. The molecule has 1 unspecified atom stereocenters. The number of carbonyl (C=O) groups excluding carboxylic acids is 2. The van der Waals surface area contributed by atoms with Gasteiger partial charge in [-0.25, -0.2) is 4.39 Å². The Kier molecular flexibility index (Phi) is 6.94. The summed E-state index contributed by atoms with van der Waals surface area (Å²) in [5.74, 6) is -2.06. The summed E-state index contributed by atoms with van der Waals surface area (Å²) in [5, 5.41) is 11.8. The second-order valence-electron chi connectivity index (χ2n) is 11.0. The number of halogens is 4. The number of hydrogen-bond acceptors (Lipinski definition) is 5. The number of benzene rings is 2. The van der Waals surface area contributed by atoms with Crippen LogP contribution in [0.4, 0.5) is 17.6 Å². The van der Waals surface area contributed by atoms with Crippen molar-refractivity contribution in [1.29, 1.82) is 5.41 Å². The summed E-state index contributed by atoms with van der Waals surface area (Å²) in [6.45, 7) is -0.156. The number of carbonyl (C=O) groups is 2. The molecule has 1 aliphatic carbocycles. The van der Waals surface area contributed by atoms with Crippen LogP contribution < -0.4 is 5.32 Å². The summed E-state index contributed by atoms with van der Waals surface area (Å²) in [5.41, 5.74) is -1.08. The number of fused-ring (bicyclic) bond motifs is 1. The Labute approximate surface area is 239 Å². The Morgan fingerprint density at radius 1 is 1.00 bits per heavy atom. The smallest absolute Gasteiger partial charge is 0.338 e. The minimum Gasteiger partial charge on any atom is -0.338 e. The van der Waals surface area contributed by atoms with Crippen LogP contribution in [0.1, 0.15) is 70.5 Å². The van der Waals surface area contributed by atoms with Crippen molar-refractivity contribution in [3.63, 3.8) is 0 Å². The second-order valence-corrected chi connectivity index (χ2v) is 11.0. The Morgan fingerprint density at radius 2 is 1.64 bits per heavy atom. The maximum atomic E-state index is 14.2. The highest BCUT2D eigenvalue weighted by Gasteiger charge is 2.55. The molecule has 8 nitrogen and oxygen atoms in total. The molecule has 3 heterocycles. The summed E-state index contributed by atoms with van der Waals surface area (Å²) in [7, 11) is 0. The van der Waals surface area contributed by atoms with E-state index in [0.717, 1.165) is 44.2 Å². The molecule has 1 saturated heterocycles. The molecule has 1 atom stereocenters. The second kappa shape index (κ2) is 10.5. The molecule has 2 amide bonds. The molecular formula is C30H28F4N6O2. The summed E-state index contributed by atoms with van der Waals surface area (Å²) >= 11 is 0. The van der Waals surface area contributed by atoms with Gasteiger partial charge in [-0.1, -0.05) is 37.5 Å². The van der Waals surface area contributed by atoms with Gasteiger partial charge >= 0.3 is 6.18 Å². The van der Waals surface area contributed by atoms with Gasteiger partial charge in [0.1, 0.15) is 11.4 Å². The topological polar surface area (TPSA) is 102 Å². The van der Waals surface area contributed by atoms with Gasteiger partial charge in [0.2, 0.25) is 0 Å². The van der Waals surface area contributed by atoms with Crippen molar-refractivity contribution in [2.24, 2.45) is 5.92 Å². The molecular weight excluding hydrogens is 552 g/mol. The van der Waals surface area contributed by atoms with E-state index in [2.05, 4.69) is 15.3 Å². The molecule has 0 radical (unpaired) electrons. The minimum absolute atomic E-state index is 0.0320. The highest BCUT2D eigenvalue weighted by Crippen LogP contribution is 2.44. The first-order valence-corrected chi connectivity index (χ1v) is 13.8. The minimum atomic E-state index is -4.79. The van der Waals surface area contributed by atoms with E-state index in [-0.39, 0.29) is 37.1 Å². The third-order valence-corrected chi connectivity index (χ3v) is 8.47. The summed E-state index contributed by atoms with van der Waals surface area (Å²) < 4.78 is 55.8. The standard InChI is InChI=1S/C30H28F4N6O2/c31-21-9-7-20(8-10-21)29(19-4-2-1-3-5-19)27(42)40(28(35)38-29)15-18-6-11-23(30(32,33)34)22(14-18)26(41)39-16-24-25(17-39)37-13-12-36-24/h6-14,19H,1-5,15-17H2,(H2,35,38). The summed E-state index contributed by atoms with van der Waals surface area (Å²) in [6, 6.07) is 8.84. The van der Waals surface area contributed by atoms with Gasteiger partial charge in [0.05, 0.1) is 42.1 Å². The van der Waals surface area contributed by atoms with Gasteiger partial charge < -0.3 is 10.2 Å². The number of guanidine groups is 1. The van der Waals surface area contributed by atoms with Crippen LogP contribution in [0.15, 0.2) is 54.9 Å². The zero-order valence-electron chi connectivity index (χ0n) is 22.5. The van der Waals surface area contributed by atoms with E-state index in [9.17, 15) is 27.2 Å². The molecule has 1 saturated carbocycles. The molecule has 6 rings (SSSR count). The van der Waals surface area contributed by atoms with E-state index in [0.29, 0.717) is 17.0 Å². The lowest BCUT2D eigenvalue weighted by atomic mass is 9.71. The Morgan fingerprint density at radius 3 is 2.26 bits per heavy atom. The van der Waals surface area contributed by atoms with E-state index in [1.807, 2.05) is 0 Å². The van der Waals surface area contributed by atoms with Crippen molar-refractivity contribution < 1.29 is 27.2 Å². The lowest BCUT2D eigenvalue weighted by molar-refractivity contribution is -0.138. The zero-order valence-corrected chi connectivity index (χ0v) is 22.5. The number of rotatable bonds is 5. The molecule has 3 aromatic rings. The SMILES string of the molecule is N=C1NC(c2ccc(F)cc2)(C2CCCCC2)C(=O)N1Cc1ccc(C(F)(F)F)c(C(=O)N2Cc3nccnc3C2)c1. The predicted octanol–water partition coefficient (Wildman–Crippen LogP) is 5.13. The van der Waals surface area contributed by atoms with Crippen LogP contribution in [0.5, 0.6) is 0 Å². The maximum absolute atomic E-state index is 14.2. The van der Waals surface area contributed by atoms with Crippen LogP contribution in [0.2, 0.25) is 0 Å². The van der Waals surface area contributed by atoms with Crippen molar-refractivity contribution in [3.05, 3.63) is 94.3 Å². The number of nitrogens with zero attached hydrogens (tertiary/aromatic N) is 4. The first-order chi connectivity index (χ1) is 20.1. The normalized spacial score (nSPS) is 21.0. The lowest BCUT2D eigenvalue weighted by Crippen LogP contribution is -2.51. The van der Waals surface area contributed by atoms with E-state index < -0.39 is 40.5 Å². The number of amides is 2. The van der Waals surface area contributed by atoms with E-state index >= 15 is 0 Å². The van der Waals surface area contributed by atoms with Crippen molar-refractivity contribution in [2.75, 3.05) is 0 Å². The molecule has 218 valence electrons. The fourth-order valence-electron chi connectivity index (χ4n) is 6.42. The van der Waals surface area contributed by atoms with Crippen LogP contribution in [-0.2, 0) is 36.1 Å². The van der Waals surface area contributed by atoms with Crippen LogP contribution in [0.25, 0.3) is 0 Å². The molecule has 2 aromatic carbocycles. The Bertz CT molecular complexity index is 1530. The van der Waals surface area contributed by atoms with E-state index in [1.165, 1.54) is 52.5 Å². The molecule has 3 aliphatic rings. The van der Waals surface area contributed by atoms with Crippen molar-refractivity contribution in [3.8, 4) is 0 Å². The molecule has 0 spiro atoms. The van der Waals surface area contributed by atoms with Crippen molar-refractivity contribution in [2.45, 2.75) is 63.5 Å². The van der Waals surface area contributed by atoms with Crippen LogP contribution >= 0.6 is 0 Å². The van der Waals surface area contributed by atoms with Crippen LogP contribution in [0.3, 0.4) is 0 Å². The third kappa shape index (κ3) is 4.78. The Hall–Kier alpha value is -4.35. The highest BCUT2D eigenvalue weighted by molar-refractivity contribution is 6.08. The highest BCUT2D eigenvalue weighted by atomic mass is 19.4. The quantitative estimate of drug-likeness (QED) is 0.408. The van der Waals surface area contributed by atoms with Gasteiger partial charge in [-0.2, -0.15) is 13.2 Å². The van der Waals surface area contributed by atoms with E-state index in [4.69, 9.17) is 5.41 Å². The fraction of sp³-hybridized carbons (Fsp3) is 0.367. The maximum Gasteiger partial charge on any atom is 0.417 e. The number of aromatic nitrogens is 2. The first kappa shape index (κ1) is 27.8. The fourth-order valence-corrected chi connectivity index (χ4v) is 6.42. The van der Waals surface area contributed by atoms with Gasteiger partial charge in [0.25, 0.3) is 11.8 Å². The van der Waals surface area contributed by atoms with Gasteiger partial charge in [0.15, 0.2) is 5.96 Å². The van der Waals surface area contributed by atoms with Crippen LogP contribution in [0, 0.1) is 17.1 Å². The van der Waals surface area contributed by atoms with Crippen molar-refractivity contribution >= 4 is 17.8 Å². The molecule has 2 N–H and O–H groups in total. The molecule has 1 aromatic heterocycles. The van der Waals surface area contributed by atoms with Gasteiger partial charge in [-0.05, 0) is 54.2 Å². The van der Waals surface area contributed by atoms with E-state index in [1.54, 1.807) is 0 Å². The third-order valence-electron chi connectivity index (χ3n) is 8.47. The monoisotopic (exact) mass is 580 g/mol. The average molecular weight is 581 g/mol. The molecule has 0 bridgehead atoms. The number of hydrogen-bond donors (Lipinski definition) is 2. The Balaban J connectivity index is 1.33. The molecule has 42 heavy (non-hydrogen) atoms.